The summed E-state index contributed by atoms with van der Waals surface area (Å²) in [4.78, 5) is 20.8. The van der Waals surface area contributed by atoms with Gasteiger partial charge in [0.25, 0.3) is 5.69 Å². The number of benzene rings is 1. The molecule has 0 amide bonds. The van der Waals surface area contributed by atoms with Gasteiger partial charge < -0.3 is 4.74 Å². The lowest BCUT2D eigenvalue weighted by Crippen LogP contribution is -2.14. The van der Waals surface area contributed by atoms with E-state index in [1.165, 1.54) is 0 Å². The maximum atomic E-state index is 11.8. The molecule has 0 aliphatic heterocycles. The molecule has 1 aromatic carbocycles. The zero-order valence-electron chi connectivity index (χ0n) is 8.94. The van der Waals surface area contributed by atoms with Crippen molar-refractivity contribution in [1.29, 1.82) is 0 Å². The van der Waals surface area contributed by atoms with Crippen LogP contribution in [-0.2, 0) is 4.79 Å². The third-order valence-corrected chi connectivity index (χ3v) is 2.71. The Labute approximate surface area is 113 Å². The normalized spacial score (nSPS) is 11.2. The first-order valence-electron chi connectivity index (χ1n) is 4.54. The van der Waals surface area contributed by atoms with Crippen LogP contribution >= 0.6 is 23.4 Å². The van der Waals surface area contributed by atoms with E-state index in [0.29, 0.717) is 0 Å². The molecule has 0 bridgehead atoms. The van der Waals surface area contributed by atoms with Crippen molar-refractivity contribution < 1.29 is 27.6 Å². The van der Waals surface area contributed by atoms with E-state index in [1.807, 2.05) is 0 Å². The molecule has 19 heavy (non-hydrogen) atoms. The lowest BCUT2D eigenvalue weighted by molar-refractivity contribution is -0.384. The maximum Gasteiger partial charge on any atom is 0.442 e. The van der Waals surface area contributed by atoms with E-state index in [1.54, 1.807) is 0 Å². The zero-order valence-corrected chi connectivity index (χ0v) is 10.5. The van der Waals surface area contributed by atoms with Crippen molar-refractivity contribution in [1.82, 2.24) is 0 Å². The number of nitro benzene ring substituents is 1. The summed E-state index contributed by atoms with van der Waals surface area (Å²) in [5, 5.41) is 10.2. The first-order valence-corrected chi connectivity index (χ1v) is 5.91. The lowest BCUT2D eigenvalue weighted by Gasteiger charge is -2.06. The summed E-state index contributed by atoms with van der Waals surface area (Å²) in [6, 6.07) is 3.04. The van der Waals surface area contributed by atoms with Gasteiger partial charge in [-0.05, 0) is 17.8 Å². The highest BCUT2D eigenvalue weighted by Crippen LogP contribution is 2.31. The Morgan fingerprint density at radius 3 is 2.58 bits per heavy atom. The minimum Gasteiger partial charge on any atom is -0.426 e. The minimum absolute atomic E-state index is 0.164. The first kappa shape index (κ1) is 15.6. The van der Waals surface area contributed by atoms with Gasteiger partial charge in [0.05, 0.1) is 4.92 Å². The number of thioether (sulfide) groups is 1. The van der Waals surface area contributed by atoms with E-state index >= 15 is 0 Å². The molecule has 0 aliphatic carbocycles. The first-order chi connectivity index (χ1) is 8.69. The van der Waals surface area contributed by atoms with Crippen molar-refractivity contribution in [2.45, 2.75) is 5.51 Å². The van der Waals surface area contributed by atoms with Crippen molar-refractivity contribution in [2.75, 3.05) is 5.75 Å². The molecular weight excluding hydrogens is 311 g/mol. The molecule has 0 saturated heterocycles. The molecule has 0 aromatic heterocycles. The number of esters is 1. The number of ether oxygens (including phenoxy) is 1. The molecule has 0 radical (unpaired) electrons. The van der Waals surface area contributed by atoms with Crippen LogP contribution in [0, 0.1) is 10.1 Å². The summed E-state index contributed by atoms with van der Waals surface area (Å²) in [5.41, 5.74) is -4.93. The molecule has 0 heterocycles. The Morgan fingerprint density at radius 1 is 1.47 bits per heavy atom. The number of rotatable bonds is 4. The Bertz CT molecular complexity index is 509. The highest BCUT2D eigenvalue weighted by molar-refractivity contribution is 8.00. The predicted octanol–water partition coefficient (Wildman–Crippen LogP) is 3.41. The van der Waals surface area contributed by atoms with Gasteiger partial charge >= 0.3 is 11.5 Å². The van der Waals surface area contributed by atoms with Crippen LogP contribution in [0.3, 0.4) is 0 Å². The maximum absolute atomic E-state index is 11.8. The van der Waals surface area contributed by atoms with Crippen molar-refractivity contribution >= 4 is 35.0 Å². The summed E-state index contributed by atoms with van der Waals surface area (Å²) < 4.78 is 40.0. The van der Waals surface area contributed by atoms with Crippen LogP contribution in [0.25, 0.3) is 0 Å². The average molecular weight is 316 g/mol. The van der Waals surface area contributed by atoms with Gasteiger partial charge in [-0.15, -0.1) is 0 Å². The largest absolute Gasteiger partial charge is 0.442 e. The third kappa shape index (κ3) is 5.35. The van der Waals surface area contributed by atoms with E-state index < -0.39 is 39.6 Å². The number of hydrogen-bond donors (Lipinski definition) is 0. The summed E-state index contributed by atoms with van der Waals surface area (Å²) in [7, 11) is 0. The van der Waals surface area contributed by atoms with Crippen LogP contribution in [-0.4, -0.2) is 22.2 Å². The smallest absolute Gasteiger partial charge is 0.426 e. The van der Waals surface area contributed by atoms with E-state index in [2.05, 4.69) is 4.74 Å². The lowest BCUT2D eigenvalue weighted by atomic mass is 10.3. The fourth-order valence-corrected chi connectivity index (χ4v) is 1.58. The third-order valence-electron chi connectivity index (χ3n) is 1.70. The molecule has 0 atom stereocenters. The fourth-order valence-electron chi connectivity index (χ4n) is 1.00. The molecule has 0 fully saturated rings. The summed E-state index contributed by atoms with van der Waals surface area (Å²) >= 11 is 5.00. The number of nitrogens with zero attached hydrogens (tertiary/aromatic N) is 1. The van der Waals surface area contributed by atoms with Crippen molar-refractivity contribution in [3.05, 3.63) is 33.3 Å². The zero-order chi connectivity index (χ0) is 14.6. The standard InChI is InChI=1S/C9H5ClF3NO4S/c10-6-3-5(1-2-7(6)14(16)17)18-8(15)4-19-9(11,12)13/h1-3H,4H2. The molecule has 0 unspecified atom stereocenters. The van der Waals surface area contributed by atoms with Crippen LogP contribution in [0.4, 0.5) is 18.9 Å². The van der Waals surface area contributed by atoms with Crippen LogP contribution in [0.1, 0.15) is 0 Å². The molecule has 10 heteroatoms. The number of nitro groups is 1. The average Bonchev–Trinajstić information content (AvgIpc) is 2.25. The van der Waals surface area contributed by atoms with Crippen LogP contribution in [0.2, 0.25) is 5.02 Å². The second kappa shape index (κ2) is 6.11. The summed E-state index contributed by atoms with van der Waals surface area (Å²) in [6.07, 6.45) is 0. The molecule has 104 valence electrons. The molecule has 0 aliphatic rings. The number of carbonyl (C=O) groups excluding carboxylic acids is 1. The second-order valence-corrected chi connectivity index (χ2v) is 4.53. The van der Waals surface area contributed by atoms with Gasteiger partial charge in [-0.1, -0.05) is 11.6 Å². The Kier molecular flexibility index (Phi) is 5.01. The molecule has 0 saturated carbocycles. The highest BCUT2D eigenvalue weighted by Gasteiger charge is 2.29. The van der Waals surface area contributed by atoms with Crippen LogP contribution in [0.5, 0.6) is 5.75 Å². The highest BCUT2D eigenvalue weighted by atomic mass is 35.5. The molecule has 1 rings (SSSR count). The van der Waals surface area contributed by atoms with Gasteiger partial charge in [-0.3, -0.25) is 14.9 Å². The molecule has 1 aromatic rings. The van der Waals surface area contributed by atoms with Crippen molar-refractivity contribution in [3.8, 4) is 5.75 Å². The van der Waals surface area contributed by atoms with E-state index in [4.69, 9.17) is 11.6 Å². The summed E-state index contributed by atoms with van der Waals surface area (Å²) in [5.74, 6) is -2.21. The Morgan fingerprint density at radius 2 is 2.11 bits per heavy atom. The number of halogens is 4. The van der Waals surface area contributed by atoms with Gasteiger partial charge in [-0.25, -0.2) is 0 Å². The topological polar surface area (TPSA) is 69.4 Å². The second-order valence-electron chi connectivity index (χ2n) is 3.08. The van der Waals surface area contributed by atoms with Gasteiger partial charge in [0.1, 0.15) is 16.5 Å². The van der Waals surface area contributed by atoms with E-state index in [0.717, 1.165) is 18.2 Å². The minimum atomic E-state index is -4.54. The predicted molar refractivity (Wildman–Crippen MR) is 62.3 cm³/mol. The van der Waals surface area contributed by atoms with Crippen LogP contribution < -0.4 is 4.74 Å². The van der Waals surface area contributed by atoms with Gasteiger partial charge in [0, 0.05) is 12.1 Å². The van der Waals surface area contributed by atoms with Crippen LogP contribution in [0.15, 0.2) is 18.2 Å². The van der Waals surface area contributed by atoms with E-state index in [9.17, 15) is 28.1 Å². The monoisotopic (exact) mass is 315 g/mol. The van der Waals surface area contributed by atoms with Gasteiger partial charge in [-0.2, -0.15) is 13.2 Å². The SMILES string of the molecule is O=C(CSC(F)(F)F)Oc1ccc([N+](=O)[O-])c(Cl)c1. The molecular formula is C9H5ClF3NO4S. The molecule has 0 spiro atoms. The Balaban J connectivity index is 2.65. The van der Waals surface area contributed by atoms with Gasteiger partial charge in [0.2, 0.25) is 0 Å². The van der Waals surface area contributed by atoms with E-state index in [-0.39, 0.29) is 10.8 Å². The quantitative estimate of drug-likeness (QED) is 0.368. The number of alkyl halides is 3. The fraction of sp³-hybridized carbons (Fsp3) is 0.222. The number of carbonyl (C=O) groups is 1. The van der Waals surface area contributed by atoms with Crippen molar-refractivity contribution in [2.24, 2.45) is 0 Å². The van der Waals surface area contributed by atoms with Gasteiger partial charge in [0.15, 0.2) is 0 Å². The van der Waals surface area contributed by atoms with Crippen molar-refractivity contribution in [3.63, 3.8) is 0 Å². The number of hydrogen-bond acceptors (Lipinski definition) is 5. The molecule has 5 nitrogen and oxygen atoms in total. The molecule has 0 N–H and O–H groups in total. The summed E-state index contributed by atoms with van der Waals surface area (Å²) in [6.45, 7) is 0. The Hall–Kier alpha value is -1.48.